The molecule has 140 valence electrons. The van der Waals surface area contributed by atoms with Crippen molar-refractivity contribution in [3.63, 3.8) is 0 Å². The predicted octanol–water partition coefficient (Wildman–Crippen LogP) is 3.27. The van der Waals surface area contributed by atoms with Gasteiger partial charge < -0.3 is 10.6 Å². The Balaban J connectivity index is 1.90. The van der Waals surface area contributed by atoms with Crippen LogP contribution in [0.2, 0.25) is 5.02 Å². The first-order valence-corrected chi connectivity index (χ1v) is 8.28. The molecule has 0 atom stereocenters. The molecule has 0 aliphatic rings. The van der Waals surface area contributed by atoms with Crippen LogP contribution in [-0.2, 0) is 13.6 Å². The molecule has 3 aromatic rings. The first-order chi connectivity index (χ1) is 12.8. The summed E-state index contributed by atoms with van der Waals surface area (Å²) in [4.78, 5) is 18.0. The van der Waals surface area contributed by atoms with Gasteiger partial charge in [0.2, 0.25) is 0 Å². The zero-order valence-electron chi connectivity index (χ0n) is 14.6. The summed E-state index contributed by atoms with van der Waals surface area (Å²) < 4.78 is 29.7. The quantitative estimate of drug-likeness (QED) is 0.692. The Bertz CT molecular complexity index is 1020. The lowest BCUT2D eigenvalue weighted by molar-refractivity contribution is 0.0783. The highest BCUT2D eigenvalue weighted by Crippen LogP contribution is 2.25. The third-order valence-corrected chi connectivity index (χ3v) is 4.36. The van der Waals surface area contributed by atoms with E-state index in [1.54, 1.807) is 30.2 Å². The van der Waals surface area contributed by atoms with Gasteiger partial charge in [0.25, 0.3) is 5.91 Å². The molecule has 0 saturated heterocycles. The summed E-state index contributed by atoms with van der Waals surface area (Å²) in [6, 6.07) is 3.75. The smallest absolute Gasteiger partial charge is 0.257 e. The number of aromatic nitrogens is 3. The number of benzene rings is 1. The lowest BCUT2D eigenvalue weighted by Gasteiger charge is -2.19. The maximum atomic E-state index is 14.1. The highest BCUT2D eigenvalue weighted by molar-refractivity contribution is 6.30. The SMILES string of the molecule is CN(Cc1c(F)ccc(Cl)c1F)C(=O)c1cc(-c2cnn(C)c2)cnc1N. The van der Waals surface area contributed by atoms with E-state index in [-0.39, 0.29) is 28.5 Å². The number of hydrogen-bond donors (Lipinski definition) is 1. The van der Waals surface area contributed by atoms with Crippen molar-refractivity contribution < 1.29 is 13.6 Å². The molecule has 0 spiro atoms. The number of rotatable bonds is 4. The van der Waals surface area contributed by atoms with Gasteiger partial charge in [-0.25, -0.2) is 13.8 Å². The number of nitrogen functional groups attached to an aromatic ring is 1. The standard InChI is InChI=1S/C18H16ClF2N5O/c1-25(9-13-15(20)4-3-14(19)16(13)21)18(27)12-5-10(6-23-17(12)22)11-7-24-26(2)8-11/h3-8H,9H2,1-2H3,(H2,22,23). The van der Waals surface area contributed by atoms with Crippen LogP contribution in [0.3, 0.4) is 0 Å². The minimum atomic E-state index is -0.897. The maximum Gasteiger partial charge on any atom is 0.257 e. The molecule has 0 aliphatic heterocycles. The second kappa shape index (κ2) is 7.32. The number of halogens is 3. The third-order valence-electron chi connectivity index (χ3n) is 4.07. The molecule has 0 saturated carbocycles. The van der Waals surface area contributed by atoms with E-state index in [1.807, 2.05) is 0 Å². The summed E-state index contributed by atoms with van der Waals surface area (Å²) in [5.74, 6) is -2.19. The van der Waals surface area contributed by atoms with Crippen LogP contribution < -0.4 is 5.73 Å². The Morgan fingerprint density at radius 1 is 1.30 bits per heavy atom. The average molecular weight is 392 g/mol. The Morgan fingerprint density at radius 3 is 2.70 bits per heavy atom. The summed E-state index contributed by atoms with van der Waals surface area (Å²) >= 11 is 5.70. The minimum Gasteiger partial charge on any atom is -0.383 e. The van der Waals surface area contributed by atoms with E-state index in [0.29, 0.717) is 5.56 Å². The first kappa shape index (κ1) is 18.8. The number of nitrogens with zero attached hydrogens (tertiary/aromatic N) is 4. The van der Waals surface area contributed by atoms with E-state index >= 15 is 0 Å². The van der Waals surface area contributed by atoms with Crippen LogP contribution in [0, 0.1) is 11.6 Å². The maximum absolute atomic E-state index is 14.1. The highest BCUT2D eigenvalue weighted by Gasteiger charge is 2.21. The van der Waals surface area contributed by atoms with Gasteiger partial charge in [0, 0.05) is 43.2 Å². The van der Waals surface area contributed by atoms with Crippen molar-refractivity contribution in [3.05, 3.63) is 64.6 Å². The van der Waals surface area contributed by atoms with Gasteiger partial charge in [-0.2, -0.15) is 5.10 Å². The van der Waals surface area contributed by atoms with Gasteiger partial charge in [-0.05, 0) is 18.2 Å². The number of aryl methyl sites for hydroxylation is 1. The van der Waals surface area contributed by atoms with Crippen LogP contribution in [0.4, 0.5) is 14.6 Å². The number of carbonyl (C=O) groups is 1. The Kier molecular flexibility index (Phi) is 5.09. The highest BCUT2D eigenvalue weighted by atomic mass is 35.5. The summed E-state index contributed by atoms with van der Waals surface area (Å²) in [5.41, 5.74) is 7.07. The van der Waals surface area contributed by atoms with Crippen LogP contribution in [0.25, 0.3) is 11.1 Å². The minimum absolute atomic E-state index is 0.0199. The molecule has 2 N–H and O–H groups in total. The van der Waals surface area contributed by atoms with Crippen LogP contribution in [0.15, 0.2) is 36.8 Å². The molecule has 6 nitrogen and oxygen atoms in total. The largest absolute Gasteiger partial charge is 0.383 e. The van der Waals surface area contributed by atoms with Crippen LogP contribution in [0.5, 0.6) is 0 Å². The van der Waals surface area contributed by atoms with Gasteiger partial charge in [-0.15, -0.1) is 0 Å². The van der Waals surface area contributed by atoms with Gasteiger partial charge in [0.05, 0.1) is 23.3 Å². The molecule has 0 bridgehead atoms. The zero-order valence-corrected chi connectivity index (χ0v) is 15.3. The summed E-state index contributed by atoms with van der Waals surface area (Å²) in [5, 5.41) is 3.86. The lowest BCUT2D eigenvalue weighted by Crippen LogP contribution is -2.28. The zero-order chi connectivity index (χ0) is 19.7. The Labute approximate surface area is 159 Å². The molecule has 27 heavy (non-hydrogen) atoms. The summed E-state index contributed by atoms with van der Waals surface area (Å²) in [7, 11) is 3.18. The number of carbonyl (C=O) groups excluding carboxylic acids is 1. The van der Waals surface area contributed by atoms with Crippen LogP contribution in [0.1, 0.15) is 15.9 Å². The molecule has 3 rings (SSSR count). The molecule has 0 aliphatic carbocycles. The Morgan fingerprint density at radius 2 is 2.04 bits per heavy atom. The predicted molar refractivity (Wildman–Crippen MR) is 98.0 cm³/mol. The molecule has 9 heteroatoms. The van der Waals surface area contributed by atoms with Gasteiger partial charge in [0.15, 0.2) is 0 Å². The molecular weight excluding hydrogens is 376 g/mol. The van der Waals surface area contributed by atoms with E-state index < -0.39 is 17.5 Å². The topological polar surface area (TPSA) is 77.0 Å². The van der Waals surface area contributed by atoms with Crippen molar-refractivity contribution in [2.75, 3.05) is 12.8 Å². The van der Waals surface area contributed by atoms with Gasteiger partial charge in [-0.3, -0.25) is 9.48 Å². The number of amides is 1. The van der Waals surface area contributed by atoms with Gasteiger partial charge in [-0.1, -0.05) is 11.6 Å². The number of pyridine rings is 1. The van der Waals surface area contributed by atoms with Crippen molar-refractivity contribution in [2.45, 2.75) is 6.54 Å². The summed E-state index contributed by atoms with van der Waals surface area (Å²) in [6.45, 7) is -0.312. The second-order valence-corrected chi connectivity index (χ2v) is 6.45. The molecular formula is C18H16ClF2N5O. The number of hydrogen-bond acceptors (Lipinski definition) is 4. The molecule has 2 heterocycles. The fourth-order valence-electron chi connectivity index (χ4n) is 2.60. The van der Waals surface area contributed by atoms with Gasteiger partial charge in [0.1, 0.15) is 17.5 Å². The molecule has 0 radical (unpaired) electrons. The van der Waals surface area contributed by atoms with Crippen LogP contribution in [-0.4, -0.2) is 32.6 Å². The fourth-order valence-corrected chi connectivity index (χ4v) is 2.78. The molecule has 0 unspecified atom stereocenters. The van der Waals surface area contributed by atoms with Crippen molar-refractivity contribution in [1.82, 2.24) is 19.7 Å². The molecule has 1 amide bonds. The van der Waals surface area contributed by atoms with E-state index in [0.717, 1.165) is 22.6 Å². The van der Waals surface area contributed by atoms with E-state index in [4.69, 9.17) is 17.3 Å². The monoisotopic (exact) mass is 391 g/mol. The van der Waals surface area contributed by atoms with E-state index in [2.05, 4.69) is 10.1 Å². The summed E-state index contributed by atoms with van der Waals surface area (Å²) in [6.07, 6.45) is 4.92. The molecule has 1 aromatic carbocycles. The van der Waals surface area contributed by atoms with Gasteiger partial charge >= 0.3 is 0 Å². The van der Waals surface area contributed by atoms with Crippen molar-refractivity contribution in [1.29, 1.82) is 0 Å². The number of anilines is 1. The van der Waals surface area contributed by atoms with Crippen LogP contribution >= 0.6 is 11.6 Å². The normalized spacial score (nSPS) is 10.9. The van der Waals surface area contributed by atoms with E-state index in [9.17, 15) is 13.6 Å². The fraction of sp³-hybridized carbons (Fsp3) is 0.167. The van der Waals surface area contributed by atoms with Crippen molar-refractivity contribution >= 4 is 23.3 Å². The van der Waals surface area contributed by atoms with Crippen molar-refractivity contribution in [3.8, 4) is 11.1 Å². The molecule has 0 fully saturated rings. The van der Waals surface area contributed by atoms with Crippen molar-refractivity contribution in [2.24, 2.45) is 7.05 Å². The Hall–Kier alpha value is -3.00. The second-order valence-electron chi connectivity index (χ2n) is 6.04. The lowest BCUT2D eigenvalue weighted by atomic mass is 10.1. The van der Waals surface area contributed by atoms with E-state index in [1.165, 1.54) is 13.2 Å². The third kappa shape index (κ3) is 3.75. The first-order valence-electron chi connectivity index (χ1n) is 7.90. The average Bonchev–Trinajstić information content (AvgIpc) is 3.08. The molecule has 2 aromatic heterocycles. The number of nitrogens with two attached hydrogens (primary N) is 1.